The van der Waals surface area contributed by atoms with Crippen LogP contribution in [0.25, 0.3) is 12.2 Å². The number of allylic oxidation sites excluding steroid dienone is 2. The van der Waals surface area contributed by atoms with Gasteiger partial charge in [0, 0.05) is 0 Å². The van der Waals surface area contributed by atoms with Gasteiger partial charge in [-0.25, -0.2) is 0 Å². The highest BCUT2D eigenvalue weighted by Crippen LogP contribution is 2.10. The lowest BCUT2D eigenvalue weighted by atomic mass is 10.3. The van der Waals surface area contributed by atoms with Crippen LogP contribution >= 0.6 is 0 Å². The highest BCUT2D eigenvalue weighted by atomic mass is 16.3. The zero-order valence-corrected chi connectivity index (χ0v) is 7.94. The van der Waals surface area contributed by atoms with E-state index in [1.807, 2.05) is 0 Å². The van der Waals surface area contributed by atoms with E-state index in [0.717, 1.165) is 0 Å². The Kier molecular flexibility index (Phi) is 4.30. The molecule has 0 spiro atoms. The summed E-state index contributed by atoms with van der Waals surface area (Å²) in [6, 6.07) is 3.53. The van der Waals surface area contributed by atoms with Crippen LogP contribution in [0.2, 0.25) is 0 Å². The fourth-order valence-electron chi connectivity index (χ4n) is 0.889. The van der Waals surface area contributed by atoms with E-state index in [1.165, 1.54) is 6.08 Å². The van der Waals surface area contributed by atoms with Gasteiger partial charge in [0.2, 0.25) is 0 Å². The molecule has 1 heterocycles. The number of carbonyl (C=O) groups is 1. The Morgan fingerprint density at radius 2 is 2.00 bits per heavy atom. The van der Waals surface area contributed by atoms with Crippen molar-refractivity contribution in [3.8, 4) is 24.2 Å². The number of hydrogen-bond donors (Lipinski definition) is 0. The van der Waals surface area contributed by atoms with Gasteiger partial charge < -0.3 is 4.42 Å². The first kappa shape index (κ1) is 10.6. The van der Waals surface area contributed by atoms with Gasteiger partial charge in [-0.3, -0.25) is 4.79 Å². The lowest BCUT2D eigenvalue weighted by Crippen LogP contribution is -1.63. The molecular formula is C13H8O2. The minimum atomic E-state index is 0.617. The van der Waals surface area contributed by atoms with Crippen LogP contribution < -0.4 is 0 Å². The summed E-state index contributed by atoms with van der Waals surface area (Å²) in [5.74, 6) is 8.55. The fraction of sp³-hybridized carbons (Fsp3) is 0. The third kappa shape index (κ3) is 3.85. The smallest absolute Gasteiger partial charge is 0.142 e. The molecule has 0 aliphatic rings. The Morgan fingerprint density at radius 1 is 1.27 bits per heavy atom. The van der Waals surface area contributed by atoms with Crippen molar-refractivity contribution in [2.75, 3.05) is 0 Å². The monoisotopic (exact) mass is 196 g/mol. The summed E-state index contributed by atoms with van der Waals surface area (Å²) < 4.78 is 5.31. The van der Waals surface area contributed by atoms with E-state index in [1.54, 1.807) is 30.4 Å². The normalized spacial score (nSPS) is 9.80. The van der Waals surface area contributed by atoms with Gasteiger partial charge in [-0.05, 0) is 48.3 Å². The second kappa shape index (κ2) is 6.07. The maximum absolute atomic E-state index is 10.0. The summed E-state index contributed by atoms with van der Waals surface area (Å²) in [4.78, 5) is 10.0. The van der Waals surface area contributed by atoms with Gasteiger partial charge in [0.1, 0.15) is 17.8 Å². The molecule has 0 aliphatic heterocycles. The predicted molar refractivity (Wildman–Crippen MR) is 59.4 cm³/mol. The van der Waals surface area contributed by atoms with Gasteiger partial charge in [-0.1, -0.05) is 5.92 Å². The second-order valence-corrected chi connectivity index (χ2v) is 2.48. The molecule has 1 aromatic heterocycles. The molecule has 2 nitrogen and oxygen atoms in total. The SMILES string of the molecule is C#CC#C/C=C/c1ccc(/C=C/C=O)o1. The van der Waals surface area contributed by atoms with Crippen molar-refractivity contribution < 1.29 is 9.21 Å². The first-order chi connectivity index (χ1) is 7.36. The van der Waals surface area contributed by atoms with Crippen molar-refractivity contribution in [1.82, 2.24) is 0 Å². The van der Waals surface area contributed by atoms with Crippen LogP contribution in [0.15, 0.2) is 28.7 Å². The quantitative estimate of drug-likeness (QED) is 0.421. The molecule has 0 saturated carbocycles. The molecule has 0 radical (unpaired) electrons. The maximum Gasteiger partial charge on any atom is 0.142 e. The van der Waals surface area contributed by atoms with Crippen molar-refractivity contribution in [2.24, 2.45) is 0 Å². The average molecular weight is 196 g/mol. The topological polar surface area (TPSA) is 30.2 Å². The lowest BCUT2D eigenvalue weighted by molar-refractivity contribution is -0.104. The Balaban J connectivity index is 2.69. The van der Waals surface area contributed by atoms with E-state index in [2.05, 4.69) is 17.8 Å². The molecule has 0 aliphatic carbocycles. The lowest BCUT2D eigenvalue weighted by Gasteiger charge is -1.82. The highest BCUT2D eigenvalue weighted by Gasteiger charge is 1.93. The van der Waals surface area contributed by atoms with Crippen LogP contribution in [0, 0.1) is 24.2 Å². The number of aldehydes is 1. The molecule has 0 bridgehead atoms. The van der Waals surface area contributed by atoms with Gasteiger partial charge in [0.05, 0.1) is 0 Å². The number of terminal acetylenes is 1. The predicted octanol–water partition coefficient (Wildman–Crippen LogP) is 2.14. The standard InChI is InChI=1S/C13H8O2/c1-2-3-4-5-7-12-9-10-13(15-12)8-6-11-14/h1,5-11H/b7-5+,8-6+. The first-order valence-electron chi connectivity index (χ1n) is 4.21. The highest BCUT2D eigenvalue weighted by molar-refractivity contribution is 5.72. The van der Waals surface area contributed by atoms with Gasteiger partial charge >= 0.3 is 0 Å². The first-order valence-corrected chi connectivity index (χ1v) is 4.21. The van der Waals surface area contributed by atoms with E-state index in [-0.39, 0.29) is 0 Å². The third-order valence-electron chi connectivity index (χ3n) is 1.46. The minimum absolute atomic E-state index is 0.617. The van der Waals surface area contributed by atoms with E-state index in [0.29, 0.717) is 17.8 Å². The number of hydrogen-bond acceptors (Lipinski definition) is 2. The minimum Gasteiger partial charge on any atom is -0.457 e. The van der Waals surface area contributed by atoms with Gasteiger partial charge in [-0.2, -0.15) is 0 Å². The van der Waals surface area contributed by atoms with E-state index < -0.39 is 0 Å². The zero-order chi connectivity index (χ0) is 10.9. The van der Waals surface area contributed by atoms with E-state index in [4.69, 9.17) is 10.8 Å². The molecular weight excluding hydrogens is 188 g/mol. The molecule has 15 heavy (non-hydrogen) atoms. The molecule has 0 fully saturated rings. The number of furan rings is 1. The summed E-state index contributed by atoms with van der Waals surface area (Å²) in [7, 11) is 0. The maximum atomic E-state index is 10.0. The van der Waals surface area contributed by atoms with Crippen LogP contribution in [0.5, 0.6) is 0 Å². The van der Waals surface area contributed by atoms with E-state index in [9.17, 15) is 4.79 Å². The Labute approximate surface area is 88.3 Å². The molecule has 0 unspecified atom stereocenters. The Bertz CT molecular complexity index is 485. The summed E-state index contributed by atoms with van der Waals surface area (Å²) in [5, 5.41) is 0. The molecule has 0 aromatic carbocycles. The largest absolute Gasteiger partial charge is 0.457 e. The van der Waals surface area contributed by atoms with Crippen molar-refractivity contribution in [3.05, 3.63) is 35.8 Å². The summed E-state index contributed by atoms with van der Waals surface area (Å²) in [6.07, 6.45) is 11.9. The molecule has 1 aromatic rings. The van der Waals surface area contributed by atoms with Crippen LogP contribution in [0.1, 0.15) is 11.5 Å². The molecule has 0 saturated heterocycles. The summed E-state index contributed by atoms with van der Waals surface area (Å²) in [5.41, 5.74) is 0. The van der Waals surface area contributed by atoms with Gasteiger partial charge in [0.15, 0.2) is 0 Å². The third-order valence-corrected chi connectivity index (χ3v) is 1.46. The van der Waals surface area contributed by atoms with E-state index >= 15 is 0 Å². The second-order valence-electron chi connectivity index (χ2n) is 2.48. The van der Waals surface area contributed by atoms with Crippen molar-refractivity contribution in [1.29, 1.82) is 0 Å². The molecule has 0 amide bonds. The fourth-order valence-corrected chi connectivity index (χ4v) is 0.889. The van der Waals surface area contributed by atoms with Crippen LogP contribution in [0.3, 0.4) is 0 Å². The van der Waals surface area contributed by atoms with Gasteiger partial charge in [0.25, 0.3) is 0 Å². The number of rotatable bonds is 3. The summed E-state index contributed by atoms with van der Waals surface area (Å²) >= 11 is 0. The molecule has 2 heteroatoms. The van der Waals surface area contributed by atoms with Crippen LogP contribution in [0.4, 0.5) is 0 Å². The van der Waals surface area contributed by atoms with Crippen LogP contribution in [-0.2, 0) is 4.79 Å². The molecule has 0 N–H and O–H groups in total. The Hall–Kier alpha value is -2.45. The number of carbonyl (C=O) groups excluding carboxylic acids is 1. The van der Waals surface area contributed by atoms with Gasteiger partial charge in [-0.15, -0.1) is 6.42 Å². The van der Waals surface area contributed by atoms with Crippen molar-refractivity contribution in [2.45, 2.75) is 0 Å². The summed E-state index contributed by atoms with van der Waals surface area (Å²) in [6.45, 7) is 0. The average Bonchev–Trinajstić information content (AvgIpc) is 2.69. The zero-order valence-electron chi connectivity index (χ0n) is 7.94. The Morgan fingerprint density at radius 3 is 2.67 bits per heavy atom. The molecule has 1 rings (SSSR count). The van der Waals surface area contributed by atoms with Crippen molar-refractivity contribution >= 4 is 18.4 Å². The van der Waals surface area contributed by atoms with Crippen molar-refractivity contribution in [3.63, 3.8) is 0 Å². The molecule has 72 valence electrons. The van der Waals surface area contributed by atoms with Crippen LogP contribution in [-0.4, -0.2) is 6.29 Å². The molecule has 0 atom stereocenters.